The van der Waals surface area contributed by atoms with Crippen LogP contribution in [-0.4, -0.2) is 40.7 Å². The summed E-state index contributed by atoms with van der Waals surface area (Å²) >= 11 is 13.0. The third-order valence-corrected chi connectivity index (χ3v) is 11.6. The van der Waals surface area contributed by atoms with Crippen LogP contribution < -0.4 is 9.64 Å². The number of imide groups is 2. The monoisotopic (exact) mass is 706 g/mol. The van der Waals surface area contributed by atoms with Gasteiger partial charge in [0.05, 0.1) is 47.5 Å². The standard InChI is InChI=1S/C40H32Cl2N2O6/c1-50-32-18-23(17-31(42)35(32)45)34-27-15-16-28-33(38(48)43(36(28)46)21-22-9-4-2-5-10-22)29(27)20-30-37(47)44(26-14-8-13-25(41)19-26)39(49)40(30,34)24-11-6-3-7-12-24/h2-15,17-19,28-30,33-34,45H,16,20-21H2,1H3/t28-,29+,30-,33-,34-,40+/m0/s1. The molecule has 0 radical (unpaired) electrons. The van der Waals surface area contributed by atoms with E-state index >= 15 is 4.79 Å². The predicted molar refractivity (Wildman–Crippen MR) is 188 cm³/mol. The lowest BCUT2D eigenvalue weighted by molar-refractivity contribution is -0.141. The highest BCUT2D eigenvalue weighted by Crippen LogP contribution is 2.65. The zero-order valence-electron chi connectivity index (χ0n) is 27.0. The molecule has 1 saturated carbocycles. The molecule has 10 heteroatoms. The van der Waals surface area contributed by atoms with E-state index in [-0.39, 0.29) is 41.3 Å². The van der Waals surface area contributed by atoms with Crippen molar-refractivity contribution >= 4 is 52.5 Å². The summed E-state index contributed by atoms with van der Waals surface area (Å²) in [5, 5.41) is 11.1. The minimum atomic E-state index is -1.48. The van der Waals surface area contributed by atoms with Crippen molar-refractivity contribution in [2.75, 3.05) is 12.0 Å². The maximum absolute atomic E-state index is 15.3. The van der Waals surface area contributed by atoms with Gasteiger partial charge in [0.1, 0.15) is 0 Å². The summed E-state index contributed by atoms with van der Waals surface area (Å²) in [6, 6.07) is 28.5. The van der Waals surface area contributed by atoms with Crippen LogP contribution in [0.15, 0.2) is 109 Å². The van der Waals surface area contributed by atoms with E-state index in [4.69, 9.17) is 27.9 Å². The van der Waals surface area contributed by atoms with Gasteiger partial charge in [0, 0.05) is 10.9 Å². The third-order valence-electron chi connectivity index (χ3n) is 11.0. The Kier molecular flexibility index (Phi) is 7.84. The molecule has 8 nitrogen and oxygen atoms in total. The van der Waals surface area contributed by atoms with Crippen LogP contribution in [0.3, 0.4) is 0 Å². The lowest BCUT2D eigenvalue weighted by atomic mass is 9.49. The van der Waals surface area contributed by atoms with Crippen molar-refractivity contribution in [2.45, 2.75) is 30.7 Å². The number of carbonyl (C=O) groups excluding carboxylic acids is 4. The molecule has 4 aromatic carbocycles. The predicted octanol–water partition coefficient (Wildman–Crippen LogP) is 7.07. The average molecular weight is 708 g/mol. The van der Waals surface area contributed by atoms with Crippen molar-refractivity contribution in [1.82, 2.24) is 4.90 Å². The SMILES string of the molecule is COc1cc([C@H]2C3=CC[C@@H]4C(=O)N(Cc5ccccc5)C(=O)[C@@H]4[C@@H]3C[C@H]3C(=O)N(c4cccc(Cl)c4)C(=O)[C@@]23c2ccccc2)cc(Cl)c1O. The van der Waals surface area contributed by atoms with Gasteiger partial charge in [-0.15, -0.1) is 0 Å². The van der Waals surface area contributed by atoms with Gasteiger partial charge in [-0.2, -0.15) is 0 Å². The second kappa shape index (κ2) is 12.1. The number of halogens is 2. The normalized spacial score (nSPS) is 27.2. The van der Waals surface area contributed by atoms with Crippen LogP contribution in [0, 0.1) is 23.7 Å². The number of benzene rings is 4. The van der Waals surface area contributed by atoms with Crippen molar-refractivity contribution in [3.8, 4) is 11.5 Å². The Bertz CT molecular complexity index is 2100. The van der Waals surface area contributed by atoms with Gasteiger partial charge in [-0.1, -0.05) is 102 Å². The van der Waals surface area contributed by atoms with Crippen LogP contribution in [-0.2, 0) is 31.1 Å². The zero-order valence-corrected chi connectivity index (χ0v) is 28.5. The fraction of sp³-hybridized carbons (Fsp3) is 0.250. The molecule has 252 valence electrons. The number of ether oxygens (including phenoxy) is 1. The molecule has 0 aromatic heterocycles. The van der Waals surface area contributed by atoms with E-state index in [2.05, 4.69) is 0 Å². The van der Waals surface area contributed by atoms with Crippen LogP contribution in [0.25, 0.3) is 0 Å². The van der Waals surface area contributed by atoms with Crippen molar-refractivity contribution in [2.24, 2.45) is 23.7 Å². The van der Waals surface area contributed by atoms with E-state index in [1.807, 2.05) is 66.7 Å². The molecule has 4 aromatic rings. The molecular weight excluding hydrogens is 675 g/mol. The van der Waals surface area contributed by atoms with Crippen LogP contribution in [0.4, 0.5) is 5.69 Å². The molecule has 0 bridgehead atoms. The molecular formula is C40H32Cl2N2O6. The zero-order chi connectivity index (χ0) is 34.9. The number of likely N-dealkylation sites (tertiary alicyclic amines) is 1. The maximum Gasteiger partial charge on any atom is 0.246 e. The van der Waals surface area contributed by atoms with Gasteiger partial charge >= 0.3 is 0 Å². The number of phenols is 1. The quantitative estimate of drug-likeness (QED) is 0.170. The van der Waals surface area contributed by atoms with E-state index in [1.54, 1.807) is 36.4 Å². The largest absolute Gasteiger partial charge is 0.503 e. The molecule has 2 heterocycles. The molecule has 4 aliphatic rings. The molecule has 0 spiro atoms. The molecule has 2 saturated heterocycles. The molecule has 6 atom stereocenters. The summed E-state index contributed by atoms with van der Waals surface area (Å²) in [6.07, 6.45) is 2.45. The van der Waals surface area contributed by atoms with Crippen molar-refractivity contribution in [3.05, 3.63) is 135 Å². The number of anilines is 1. The van der Waals surface area contributed by atoms with Gasteiger partial charge < -0.3 is 9.84 Å². The summed E-state index contributed by atoms with van der Waals surface area (Å²) < 4.78 is 5.53. The number of amides is 4. The van der Waals surface area contributed by atoms with E-state index in [9.17, 15) is 19.5 Å². The van der Waals surface area contributed by atoms with Crippen LogP contribution in [0.2, 0.25) is 10.0 Å². The van der Waals surface area contributed by atoms with Crippen molar-refractivity contribution in [1.29, 1.82) is 0 Å². The first kappa shape index (κ1) is 32.3. The minimum Gasteiger partial charge on any atom is -0.503 e. The molecule has 8 rings (SSSR count). The van der Waals surface area contributed by atoms with E-state index in [1.165, 1.54) is 16.9 Å². The number of hydrogen-bond acceptors (Lipinski definition) is 6. The molecule has 3 fully saturated rings. The minimum absolute atomic E-state index is 0.0140. The first-order chi connectivity index (χ1) is 24.2. The van der Waals surface area contributed by atoms with Crippen molar-refractivity contribution in [3.63, 3.8) is 0 Å². The second-order valence-electron chi connectivity index (χ2n) is 13.4. The van der Waals surface area contributed by atoms with Gasteiger partial charge in [-0.05, 0) is 65.8 Å². The lowest BCUT2D eigenvalue weighted by Crippen LogP contribution is -2.53. The van der Waals surface area contributed by atoms with Crippen LogP contribution in [0.1, 0.15) is 35.4 Å². The highest BCUT2D eigenvalue weighted by molar-refractivity contribution is 6.33. The molecule has 4 amide bonds. The molecule has 1 N–H and O–H groups in total. The maximum atomic E-state index is 15.3. The number of methoxy groups -OCH3 is 1. The van der Waals surface area contributed by atoms with Gasteiger partial charge in [0.25, 0.3) is 0 Å². The summed E-state index contributed by atoms with van der Waals surface area (Å²) in [5.41, 5.74) is 1.66. The average Bonchev–Trinajstić information content (AvgIpc) is 3.50. The molecule has 0 unspecified atom stereocenters. The smallest absolute Gasteiger partial charge is 0.246 e. The van der Waals surface area contributed by atoms with Gasteiger partial charge in [-0.3, -0.25) is 24.1 Å². The summed E-state index contributed by atoms with van der Waals surface area (Å²) in [7, 11) is 1.41. The number of aromatic hydroxyl groups is 1. The molecule has 2 aliphatic heterocycles. The Labute approximate surface area is 298 Å². The Balaban J connectivity index is 1.35. The number of phenolic OH excluding ortho intramolecular Hbond substituents is 1. The summed E-state index contributed by atoms with van der Waals surface area (Å²) in [4.78, 5) is 61.1. The highest BCUT2D eigenvalue weighted by Gasteiger charge is 2.70. The van der Waals surface area contributed by atoms with Crippen molar-refractivity contribution < 1.29 is 29.0 Å². The van der Waals surface area contributed by atoms with Gasteiger partial charge in [0.2, 0.25) is 23.6 Å². The first-order valence-corrected chi connectivity index (χ1v) is 17.3. The highest BCUT2D eigenvalue weighted by atomic mass is 35.5. The second-order valence-corrected chi connectivity index (χ2v) is 14.2. The number of carbonyl (C=O) groups is 4. The summed E-state index contributed by atoms with van der Waals surface area (Å²) in [6.45, 7) is 0.152. The summed E-state index contributed by atoms with van der Waals surface area (Å²) in [5.74, 6) is -5.11. The fourth-order valence-electron chi connectivity index (χ4n) is 9.02. The Morgan fingerprint density at radius 2 is 1.56 bits per heavy atom. The lowest BCUT2D eigenvalue weighted by Gasteiger charge is -2.50. The van der Waals surface area contributed by atoms with E-state index in [0.29, 0.717) is 28.3 Å². The van der Waals surface area contributed by atoms with Gasteiger partial charge in [0.15, 0.2) is 11.5 Å². The Morgan fingerprint density at radius 3 is 2.26 bits per heavy atom. The number of rotatable bonds is 6. The number of nitrogens with zero attached hydrogens (tertiary/aromatic N) is 2. The number of fused-ring (bicyclic) bond motifs is 4. The van der Waals surface area contributed by atoms with Gasteiger partial charge in [-0.25, -0.2) is 4.90 Å². The van der Waals surface area contributed by atoms with E-state index < -0.39 is 46.8 Å². The molecule has 50 heavy (non-hydrogen) atoms. The first-order valence-electron chi connectivity index (χ1n) is 16.5. The molecule has 2 aliphatic carbocycles. The Hall–Kier alpha value is -4.92. The van der Waals surface area contributed by atoms with E-state index in [0.717, 1.165) is 11.1 Å². The fourth-order valence-corrected chi connectivity index (χ4v) is 9.43. The number of allylic oxidation sites excluding steroid dienone is 2. The Morgan fingerprint density at radius 1 is 0.840 bits per heavy atom. The topological polar surface area (TPSA) is 104 Å². The third kappa shape index (κ3) is 4.65. The van der Waals surface area contributed by atoms with Crippen LogP contribution in [0.5, 0.6) is 11.5 Å². The van der Waals surface area contributed by atoms with Crippen LogP contribution >= 0.6 is 23.2 Å². The number of hydrogen-bond donors (Lipinski definition) is 1.